The van der Waals surface area contributed by atoms with Crippen molar-refractivity contribution in [2.24, 2.45) is 0 Å². The number of halogens is 1. The first-order valence-corrected chi connectivity index (χ1v) is 7.95. The normalized spacial score (nSPS) is 13.4. The number of rotatable bonds is 4. The van der Waals surface area contributed by atoms with E-state index in [1.54, 1.807) is 24.1 Å². The number of aryl methyl sites for hydroxylation is 1. The average Bonchev–Trinajstić information content (AvgIpc) is 2.60. The summed E-state index contributed by atoms with van der Waals surface area (Å²) in [6.45, 7) is 2.52. The van der Waals surface area contributed by atoms with Crippen molar-refractivity contribution in [2.45, 2.75) is 19.8 Å². The fourth-order valence-corrected chi connectivity index (χ4v) is 3.05. The highest BCUT2D eigenvalue weighted by Gasteiger charge is 2.27. The van der Waals surface area contributed by atoms with E-state index in [9.17, 15) is 9.18 Å². The summed E-state index contributed by atoms with van der Waals surface area (Å²) in [6.07, 6.45) is 1.82. The molecule has 0 unspecified atom stereocenters. The SMILES string of the molecule is COc1ccc(C)c2c1N(C(=O)COc1cccc(F)c1)CCC2. The van der Waals surface area contributed by atoms with Gasteiger partial charge >= 0.3 is 0 Å². The van der Waals surface area contributed by atoms with Crippen LogP contribution in [0.25, 0.3) is 0 Å². The van der Waals surface area contributed by atoms with Crippen LogP contribution in [0, 0.1) is 12.7 Å². The summed E-state index contributed by atoms with van der Waals surface area (Å²) in [6, 6.07) is 9.68. The molecule has 1 amide bonds. The first-order valence-electron chi connectivity index (χ1n) is 7.95. The van der Waals surface area contributed by atoms with E-state index in [0.29, 0.717) is 18.0 Å². The van der Waals surface area contributed by atoms with Gasteiger partial charge in [-0.2, -0.15) is 0 Å². The van der Waals surface area contributed by atoms with E-state index >= 15 is 0 Å². The van der Waals surface area contributed by atoms with Gasteiger partial charge in [0.15, 0.2) is 6.61 Å². The fourth-order valence-electron chi connectivity index (χ4n) is 3.05. The number of hydrogen-bond acceptors (Lipinski definition) is 3. The Morgan fingerprint density at radius 1 is 1.29 bits per heavy atom. The van der Waals surface area contributed by atoms with E-state index in [4.69, 9.17) is 9.47 Å². The third kappa shape index (κ3) is 3.20. The number of hydrogen-bond donors (Lipinski definition) is 0. The van der Waals surface area contributed by atoms with Gasteiger partial charge in [-0.05, 0) is 49.1 Å². The van der Waals surface area contributed by atoms with E-state index < -0.39 is 0 Å². The molecule has 0 fully saturated rings. The molecule has 0 radical (unpaired) electrons. The molecule has 0 spiro atoms. The zero-order valence-electron chi connectivity index (χ0n) is 13.8. The van der Waals surface area contributed by atoms with Crippen LogP contribution in [0.3, 0.4) is 0 Å². The highest BCUT2D eigenvalue weighted by molar-refractivity contribution is 5.97. The van der Waals surface area contributed by atoms with Gasteiger partial charge in [-0.1, -0.05) is 12.1 Å². The minimum Gasteiger partial charge on any atom is -0.495 e. The standard InChI is InChI=1S/C19H20FNO3/c1-13-8-9-17(23-2)19-16(13)7-4-10-21(19)18(22)12-24-15-6-3-5-14(20)11-15/h3,5-6,8-9,11H,4,7,10,12H2,1-2H3. The van der Waals surface area contributed by atoms with Gasteiger partial charge in [0, 0.05) is 12.6 Å². The molecule has 2 aromatic carbocycles. The lowest BCUT2D eigenvalue weighted by atomic mass is 9.96. The second-order valence-corrected chi connectivity index (χ2v) is 5.81. The lowest BCUT2D eigenvalue weighted by Crippen LogP contribution is -2.39. The van der Waals surface area contributed by atoms with Crippen LogP contribution in [0.4, 0.5) is 10.1 Å². The fraction of sp³-hybridized carbons (Fsp3) is 0.316. The Bertz CT molecular complexity index is 760. The molecule has 1 heterocycles. The summed E-state index contributed by atoms with van der Waals surface area (Å²) in [4.78, 5) is 14.4. The lowest BCUT2D eigenvalue weighted by Gasteiger charge is -2.32. The Morgan fingerprint density at radius 2 is 2.12 bits per heavy atom. The molecule has 5 heteroatoms. The van der Waals surface area contributed by atoms with Crippen LogP contribution >= 0.6 is 0 Å². The molecular weight excluding hydrogens is 309 g/mol. The Hall–Kier alpha value is -2.56. The lowest BCUT2D eigenvalue weighted by molar-refractivity contribution is -0.120. The van der Waals surface area contributed by atoms with Crippen molar-refractivity contribution < 1.29 is 18.7 Å². The maximum absolute atomic E-state index is 13.2. The number of carbonyl (C=O) groups is 1. The minimum absolute atomic E-state index is 0.139. The van der Waals surface area contributed by atoms with E-state index in [1.807, 2.05) is 19.1 Å². The summed E-state index contributed by atoms with van der Waals surface area (Å²) in [5.74, 6) is 0.482. The van der Waals surface area contributed by atoms with E-state index in [0.717, 1.165) is 29.7 Å². The molecule has 4 nitrogen and oxygen atoms in total. The topological polar surface area (TPSA) is 38.8 Å². The summed E-state index contributed by atoms with van der Waals surface area (Å²) in [5.41, 5.74) is 3.12. The maximum atomic E-state index is 13.2. The number of methoxy groups -OCH3 is 1. The highest BCUT2D eigenvalue weighted by atomic mass is 19.1. The molecule has 24 heavy (non-hydrogen) atoms. The van der Waals surface area contributed by atoms with Crippen molar-refractivity contribution in [3.05, 3.63) is 53.3 Å². The molecule has 1 aliphatic heterocycles. The molecule has 0 saturated heterocycles. The van der Waals surface area contributed by atoms with Crippen LogP contribution in [-0.4, -0.2) is 26.2 Å². The molecule has 0 saturated carbocycles. The molecule has 0 aromatic heterocycles. The molecule has 3 rings (SSSR count). The maximum Gasteiger partial charge on any atom is 0.265 e. The van der Waals surface area contributed by atoms with E-state index in [1.165, 1.54) is 12.1 Å². The Morgan fingerprint density at radius 3 is 2.88 bits per heavy atom. The molecule has 0 atom stereocenters. The molecule has 1 aliphatic rings. The van der Waals surface area contributed by atoms with Crippen molar-refractivity contribution in [3.8, 4) is 11.5 Å². The van der Waals surface area contributed by atoms with Gasteiger partial charge in [0.1, 0.15) is 17.3 Å². The Labute approximate surface area is 140 Å². The van der Waals surface area contributed by atoms with Gasteiger partial charge in [-0.15, -0.1) is 0 Å². The van der Waals surface area contributed by atoms with Crippen molar-refractivity contribution in [1.82, 2.24) is 0 Å². The predicted molar refractivity (Wildman–Crippen MR) is 90.3 cm³/mol. The number of benzene rings is 2. The van der Waals surface area contributed by atoms with Crippen LogP contribution in [0.5, 0.6) is 11.5 Å². The predicted octanol–water partition coefficient (Wildman–Crippen LogP) is 3.50. The van der Waals surface area contributed by atoms with Crippen LogP contribution in [0.15, 0.2) is 36.4 Å². The van der Waals surface area contributed by atoms with Gasteiger partial charge in [-0.25, -0.2) is 4.39 Å². The number of carbonyl (C=O) groups excluding carboxylic acids is 1. The molecule has 0 bridgehead atoms. The summed E-state index contributed by atoms with van der Waals surface area (Å²) in [7, 11) is 1.60. The van der Waals surface area contributed by atoms with Gasteiger partial charge < -0.3 is 14.4 Å². The number of fused-ring (bicyclic) bond motifs is 1. The van der Waals surface area contributed by atoms with E-state index in [2.05, 4.69) is 0 Å². The van der Waals surface area contributed by atoms with Crippen LogP contribution in [0.1, 0.15) is 17.5 Å². The second kappa shape index (κ2) is 6.91. The Balaban J connectivity index is 1.81. The third-order valence-electron chi connectivity index (χ3n) is 4.24. The van der Waals surface area contributed by atoms with Crippen LogP contribution in [-0.2, 0) is 11.2 Å². The molecular formula is C19H20FNO3. The zero-order valence-corrected chi connectivity index (χ0v) is 13.8. The van der Waals surface area contributed by atoms with Crippen molar-refractivity contribution >= 4 is 11.6 Å². The number of nitrogens with zero attached hydrogens (tertiary/aromatic N) is 1. The quantitative estimate of drug-likeness (QED) is 0.862. The van der Waals surface area contributed by atoms with Crippen LogP contribution in [0.2, 0.25) is 0 Å². The monoisotopic (exact) mass is 329 g/mol. The van der Waals surface area contributed by atoms with Gasteiger partial charge in [0.05, 0.1) is 12.8 Å². The van der Waals surface area contributed by atoms with Crippen molar-refractivity contribution in [2.75, 3.05) is 25.2 Å². The summed E-state index contributed by atoms with van der Waals surface area (Å²) in [5, 5.41) is 0. The smallest absolute Gasteiger partial charge is 0.265 e. The second-order valence-electron chi connectivity index (χ2n) is 5.81. The molecule has 0 N–H and O–H groups in total. The van der Waals surface area contributed by atoms with Gasteiger partial charge in [-0.3, -0.25) is 4.79 Å². The largest absolute Gasteiger partial charge is 0.495 e. The first kappa shape index (κ1) is 16.3. The molecule has 2 aromatic rings. The third-order valence-corrected chi connectivity index (χ3v) is 4.24. The van der Waals surface area contributed by atoms with Crippen LogP contribution < -0.4 is 14.4 Å². The zero-order chi connectivity index (χ0) is 17.1. The summed E-state index contributed by atoms with van der Waals surface area (Å²) >= 11 is 0. The van der Waals surface area contributed by atoms with Gasteiger partial charge in [0.25, 0.3) is 5.91 Å². The molecule has 126 valence electrons. The molecule has 0 aliphatic carbocycles. The highest BCUT2D eigenvalue weighted by Crippen LogP contribution is 2.38. The Kier molecular flexibility index (Phi) is 4.69. The van der Waals surface area contributed by atoms with Crippen molar-refractivity contribution in [1.29, 1.82) is 0 Å². The number of ether oxygens (including phenoxy) is 2. The first-order chi connectivity index (χ1) is 11.6. The average molecular weight is 329 g/mol. The summed E-state index contributed by atoms with van der Waals surface area (Å²) < 4.78 is 24.1. The minimum atomic E-state index is -0.388. The number of anilines is 1. The van der Waals surface area contributed by atoms with Crippen molar-refractivity contribution in [3.63, 3.8) is 0 Å². The number of amides is 1. The van der Waals surface area contributed by atoms with Gasteiger partial charge in [0.2, 0.25) is 0 Å². The van der Waals surface area contributed by atoms with E-state index in [-0.39, 0.29) is 18.3 Å².